The van der Waals surface area contributed by atoms with Gasteiger partial charge in [-0.25, -0.2) is 0 Å². The zero-order valence-electron chi connectivity index (χ0n) is 12.6. The summed E-state index contributed by atoms with van der Waals surface area (Å²) in [6, 6.07) is 0. The van der Waals surface area contributed by atoms with Gasteiger partial charge in [0.2, 0.25) is 0 Å². The molecule has 112 valence electrons. The van der Waals surface area contributed by atoms with Gasteiger partial charge in [0.15, 0.2) is 0 Å². The second-order valence-corrected chi connectivity index (χ2v) is 5.67. The van der Waals surface area contributed by atoms with Crippen molar-refractivity contribution in [2.75, 3.05) is 32.4 Å². The van der Waals surface area contributed by atoms with Crippen LogP contribution >= 0.6 is 0 Å². The average Bonchev–Trinajstić information content (AvgIpc) is 2.71. The fourth-order valence-electron chi connectivity index (χ4n) is 2.89. The first-order valence-electron chi connectivity index (χ1n) is 7.31. The van der Waals surface area contributed by atoms with Crippen LogP contribution in [0, 0.1) is 5.92 Å². The lowest BCUT2D eigenvalue weighted by Gasteiger charge is -2.29. The van der Waals surface area contributed by atoms with Gasteiger partial charge in [0.1, 0.15) is 5.69 Å². The maximum atomic E-state index is 12.3. The Morgan fingerprint density at radius 1 is 1.50 bits per heavy atom. The minimum absolute atomic E-state index is 0.120. The molecule has 1 fully saturated rings. The highest BCUT2D eigenvalue weighted by Gasteiger charge is 2.21. The molecule has 1 aromatic rings. The van der Waals surface area contributed by atoms with Crippen molar-refractivity contribution < 1.29 is 4.79 Å². The van der Waals surface area contributed by atoms with Gasteiger partial charge in [0.05, 0.1) is 11.4 Å². The number of aryl methyl sites for hydroxylation is 2. The van der Waals surface area contributed by atoms with Crippen molar-refractivity contribution in [3.63, 3.8) is 0 Å². The van der Waals surface area contributed by atoms with E-state index in [1.54, 1.807) is 11.7 Å². The first-order valence-corrected chi connectivity index (χ1v) is 7.31. The van der Waals surface area contributed by atoms with E-state index in [4.69, 9.17) is 5.73 Å². The minimum Gasteiger partial charge on any atom is -0.395 e. The summed E-state index contributed by atoms with van der Waals surface area (Å²) in [5.41, 5.74) is 7.77. The largest absolute Gasteiger partial charge is 0.395 e. The molecule has 20 heavy (non-hydrogen) atoms. The van der Waals surface area contributed by atoms with Crippen LogP contribution in [-0.2, 0) is 13.5 Å². The lowest BCUT2D eigenvalue weighted by molar-refractivity contribution is 0.0928. The molecule has 2 rings (SSSR count). The second-order valence-electron chi connectivity index (χ2n) is 5.67. The van der Waals surface area contributed by atoms with Crippen molar-refractivity contribution in [3.8, 4) is 0 Å². The SMILES string of the molecule is CCc1nn(C)c(C(=O)NCC2CCCN(C)C2)c1N. The predicted molar refractivity (Wildman–Crippen MR) is 79.6 cm³/mol. The third-order valence-corrected chi connectivity index (χ3v) is 3.98. The van der Waals surface area contributed by atoms with Crippen LogP contribution in [0.25, 0.3) is 0 Å². The first kappa shape index (κ1) is 14.8. The van der Waals surface area contributed by atoms with E-state index in [1.165, 1.54) is 12.8 Å². The Balaban J connectivity index is 1.96. The number of rotatable bonds is 4. The highest BCUT2D eigenvalue weighted by molar-refractivity contribution is 5.97. The Bertz CT molecular complexity index is 482. The van der Waals surface area contributed by atoms with Crippen LogP contribution in [0.1, 0.15) is 35.9 Å². The summed E-state index contributed by atoms with van der Waals surface area (Å²) in [5, 5.41) is 7.28. The van der Waals surface area contributed by atoms with Crippen LogP contribution in [0.15, 0.2) is 0 Å². The number of nitrogens with two attached hydrogens (primary N) is 1. The molecule has 0 bridgehead atoms. The topological polar surface area (TPSA) is 76.2 Å². The molecule has 1 amide bonds. The number of amides is 1. The van der Waals surface area contributed by atoms with Crippen molar-refractivity contribution in [1.82, 2.24) is 20.0 Å². The van der Waals surface area contributed by atoms with Gasteiger partial charge in [-0.3, -0.25) is 9.48 Å². The van der Waals surface area contributed by atoms with Gasteiger partial charge in [-0.05, 0) is 38.8 Å². The number of hydrogen-bond acceptors (Lipinski definition) is 4. The lowest BCUT2D eigenvalue weighted by atomic mass is 9.98. The van der Waals surface area contributed by atoms with Crippen LogP contribution in [-0.4, -0.2) is 47.3 Å². The third-order valence-electron chi connectivity index (χ3n) is 3.98. The Kier molecular flexibility index (Phi) is 4.65. The summed E-state index contributed by atoms with van der Waals surface area (Å²) in [4.78, 5) is 14.6. The predicted octanol–water partition coefficient (Wildman–Crippen LogP) is 0.636. The number of carbonyl (C=O) groups is 1. The van der Waals surface area contributed by atoms with E-state index < -0.39 is 0 Å². The van der Waals surface area contributed by atoms with Gasteiger partial charge in [0, 0.05) is 20.1 Å². The third kappa shape index (κ3) is 3.12. The molecular weight excluding hydrogens is 254 g/mol. The molecule has 1 aromatic heterocycles. The molecule has 3 N–H and O–H groups in total. The monoisotopic (exact) mass is 279 g/mol. The number of piperidine rings is 1. The summed E-state index contributed by atoms with van der Waals surface area (Å²) in [7, 11) is 3.89. The number of aromatic nitrogens is 2. The molecule has 6 nitrogen and oxygen atoms in total. The zero-order valence-corrected chi connectivity index (χ0v) is 12.6. The standard InChI is InChI=1S/C14H25N5O/c1-4-11-12(15)13(19(3)17-11)14(20)16-8-10-6-5-7-18(2)9-10/h10H,4-9,15H2,1-3H3,(H,16,20). The van der Waals surface area contributed by atoms with Gasteiger partial charge >= 0.3 is 0 Å². The number of anilines is 1. The summed E-state index contributed by atoms with van der Waals surface area (Å²) in [6.07, 6.45) is 3.11. The molecule has 6 heteroatoms. The minimum atomic E-state index is -0.120. The molecule has 0 saturated carbocycles. The number of nitrogen functional groups attached to an aromatic ring is 1. The molecule has 0 aliphatic carbocycles. The molecule has 1 atom stereocenters. The maximum Gasteiger partial charge on any atom is 0.271 e. The summed E-state index contributed by atoms with van der Waals surface area (Å²) in [6.45, 7) is 4.88. The Labute approximate surface area is 120 Å². The van der Waals surface area contributed by atoms with E-state index in [0.29, 0.717) is 23.8 Å². The van der Waals surface area contributed by atoms with Crippen molar-refractivity contribution in [3.05, 3.63) is 11.4 Å². The Morgan fingerprint density at radius 2 is 2.25 bits per heavy atom. The maximum absolute atomic E-state index is 12.3. The zero-order chi connectivity index (χ0) is 14.7. The van der Waals surface area contributed by atoms with Crippen LogP contribution in [0.3, 0.4) is 0 Å². The number of nitrogens with zero attached hydrogens (tertiary/aromatic N) is 3. The van der Waals surface area contributed by atoms with Crippen molar-refractivity contribution in [1.29, 1.82) is 0 Å². The molecule has 1 saturated heterocycles. The van der Waals surface area contributed by atoms with Crippen molar-refractivity contribution in [2.45, 2.75) is 26.2 Å². The van der Waals surface area contributed by atoms with E-state index in [1.807, 2.05) is 6.92 Å². The molecule has 0 spiro atoms. The Morgan fingerprint density at radius 3 is 2.85 bits per heavy atom. The quantitative estimate of drug-likeness (QED) is 0.848. The molecule has 0 aromatic carbocycles. The normalized spacial score (nSPS) is 20.1. The van der Waals surface area contributed by atoms with E-state index in [9.17, 15) is 4.79 Å². The van der Waals surface area contributed by atoms with Gasteiger partial charge < -0.3 is 16.0 Å². The molecule has 1 unspecified atom stereocenters. The van der Waals surface area contributed by atoms with Crippen LogP contribution < -0.4 is 11.1 Å². The average molecular weight is 279 g/mol. The van der Waals surface area contributed by atoms with Crippen molar-refractivity contribution in [2.24, 2.45) is 13.0 Å². The van der Waals surface area contributed by atoms with E-state index in [0.717, 1.165) is 25.2 Å². The smallest absolute Gasteiger partial charge is 0.271 e. The van der Waals surface area contributed by atoms with Gasteiger partial charge in [-0.2, -0.15) is 5.10 Å². The summed E-state index contributed by atoms with van der Waals surface area (Å²) < 4.78 is 1.58. The van der Waals surface area contributed by atoms with Gasteiger partial charge in [-0.1, -0.05) is 6.92 Å². The second kappa shape index (κ2) is 6.26. The van der Waals surface area contributed by atoms with E-state index in [2.05, 4.69) is 22.4 Å². The van der Waals surface area contributed by atoms with Crippen molar-refractivity contribution >= 4 is 11.6 Å². The van der Waals surface area contributed by atoms with E-state index in [-0.39, 0.29) is 5.91 Å². The highest BCUT2D eigenvalue weighted by atomic mass is 16.2. The van der Waals surface area contributed by atoms with Crippen LogP contribution in [0.5, 0.6) is 0 Å². The number of nitrogens with one attached hydrogen (secondary N) is 1. The van der Waals surface area contributed by atoms with Gasteiger partial charge in [-0.15, -0.1) is 0 Å². The first-order chi connectivity index (χ1) is 9.52. The number of likely N-dealkylation sites (tertiary alicyclic amines) is 1. The number of hydrogen-bond donors (Lipinski definition) is 2. The molecule has 1 aliphatic heterocycles. The van der Waals surface area contributed by atoms with E-state index >= 15 is 0 Å². The Hall–Kier alpha value is -1.56. The fourth-order valence-corrected chi connectivity index (χ4v) is 2.89. The fraction of sp³-hybridized carbons (Fsp3) is 0.714. The summed E-state index contributed by atoms with van der Waals surface area (Å²) >= 11 is 0. The molecular formula is C14H25N5O. The molecule has 2 heterocycles. The number of carbonyl (C=O) groups excluding carboxylic acids is 1. The van der Waals surface area contributed by atoms with Gasteiger partial charge in [0.25, 0.3) is 5.91 Å². The molecule has 1 aliphatic rings. The summed E-state index contributed by atoms with van der Waals surface area (Å²) in [5.74, 6) is 0.406. The molecule has 0 radical (unpaired) electrons. The lowest BCUT2D eigenvalue weighted by Crippen LogP contribution is -2.39. The highest BCUT2D eigenvalue weighted by Crippen LogP contribution is 2.18. The van der Waals surface area contributed by atoms with Crippen LogP contribution in [0.4, 0.5) is 5.69 Å². The van der Waals surface area contributed by atoms with Crippen LogP contribution in [0.2, 0.25) is 0 Å².